The van der Waals surface area contributed by atoms with E-state index in [1.807, 2.05) is 0 Å². The third kappa shape index (κ3) is 5.30. The largest absolute Gasteiger partial charge is 0.481 e. The van der Waals surface area contributed by atoms with Gasteiger partial charge in [-0.2, -0.15) is 13.2 Å². The first-order valence-corrected chi connectivity index (χ1v) is 10.7. The third-order valence-electron chi connectivity index (χ3n) is 5.99. The minimum atomic E-state index is -4.58. The van der Waals surface area contributed by atoms with E-state index in [-0.39, 0.29) is 36.8 Å². The second kappa shape index (κ2) is 9.45. The van der Waals surface area contributed by atoms with E-state index in [2.05, 4.69) is 5.32 Å². The average molecular weight is 492 g/mol. The van der Waals surface area contributed by atoms with E-state index in [4.69, 9.17) is 27.9 Å². The van der Waals surface area contributed by atoms with Crippen LogP contribution in [-0.2, 0) is 19.7 Å². The van der Waals surface area contributed by atoms with Crippen molar-refractivity contribution in [3.8, 4) is 0 Å². The van der Waals surface area contributed by atoms with E-state index in [1.54, 1.807) is 12.1 Å². The van der Waals surface area contributed by atoms with Gasteiger partial charge in [-0.15, -0.1) is 0 Å². The summed E-state index contributed by atoms with van der Waals surface area (Å²) < 4.78 is 45.9. The number of carboxylic acids is 1. The van der Waals surface area contributed by atoms with Crippen LogP contribution in [0.3, 0.4) is 0 Å². The molecule has 3 rings (SSSR count). The van der Waals surface area contributed by atoms with Crippen molar-refractivity contribution in [2.45, 2.75) is 31.4 Å². The van der Waals surface area contributed by atoms with Gasteiger partial charge in [0.05, 0.1) is 47.6 Å². The van der Waals surface area contributed by atoms with E-state index in [0.717, 1.165) is 6.92 Å². The Morgan fingerprint density at radius 2 is 2.00 bits per heavy atom. The van der Waals surface area contributed by atoms with E-state index in [1.165, 1.54) is 24.3 Å². The van der Waals surface area contributed by atoms with Gasteiger partial charge in [0.15, 0.2) is 0 Å². The van der Waals surface area contributed by atoms with Crippen molar-refractivity contribution < 1.29 is 32.6 Å². The normalized spacial score (nSPS) is 21.8. The van der Waals surface area contributed by atoms with Crippen LogP contribution in [-0.4, -0.2) is 36.4 Å². The summed E-state index contributed by atoms with van der Waals surface area (Å²) >= 11 is 12.1. The number of rotatable bonds is 7. The lowest BCUT2D eigenvalue weighted by molar-refractivity contribution is -0.188. The lowest BCUT2D eigenvalue weighted by Gasteiger charge is -2.41. The van der Waals surface area contributed by atoms with Gasteiger partial charge in [0, 0.05) is 5.03 Å². The summed E-state index contributed by atoms with van der Waals surface area (Å²) in [6, 6.07) is 4.63. The van der Waals surface area contributed by atoms with Crippen molar-refractivity contribution in [2.24, 2.45) is 17.8 Å². The van der Waals surface area contributed by atoms with Gasteiger partial charge in [-0.25, -0.2) is 0 Å². The van der Waals surface area contributed by atoms with Crippen LogP contribution >= 0.6 is 23.2 Å². The van der Waals surface area contributed by atoms with Gasteiger partial charge in [0.2, 0.25) is 5.91 Å². The average Bonchev–Trinajstić information content (AvgIpc) is 2.67. The highest BCUT2D eigenvalue weighted by Gasteiger charge is 2.47. The zero-order chi connectivity index (χ0) is 23.7. The first-order valence-electron chi connectivity index (χ1n) is 9.94. The number of anilines is 1. The molecule has 0 aromatic heterocycles. The second-order valence-corrected chi connectivity index (χ2v) is 9.07. The number of nitrogens with one attached hydrogen (secondary N) is 1. The number of hydrogen-bond donors (Lipinski definition) is 2. The predicted octanol–water partition coefficient (Wildman–Crippen LogP) is 5.53. The zero-order valence-corrected chi connectivity index (χ0v) is 18.6. The molecule has 3 atom stereocenters. The monoisotopic (exact) mass is 491 g/mol. The molecule has 174 valence electrons. The topological polar surface area (TPSA) is 75.6 Å². The minimum absolute atomic E-state index is 0.124. The van der Waals surface area contributed by atoms with Crippen LogP contribution in [0.5, 0.6) is 0 Å². The maximum Gasteiger partial charge on any atom is 0.392 e. The molecule has 32 heavy (non-hydrogen) atoms. The summed E-state index contributed by atoms with van der Waals surface area (Å²) in [7, 11) is 0. The van der Waals surface area contributed by atoms with Gasteiger partial charge < -0.3 is 15.2 Å². The molecule has 1 aliphatic carbocycles. The molecule has 2 aliphatic rings. The van der Waals surface area contributed by atoms with Gasteiger partial charge in [-0.1, -0.05) is 48.3 Å². The van der Waals surface area contributed by atoms with Crippen LogP contribution in [0.2, 0.25) is 5.02 Å². The first kappa shape index (κ1) is 24.6. The summed E-state index contributed by atoms with van der Waals surface area (Å²) in [6.07, 6.45) is 0.00640. The van der Waals surface area contributed by atoms with Crippen LogP contribution in [0.15, 0.2) is 41.5 Å². The lowest BCUT2D eigenvalue weighted by atomic mass is 9.75. The number of alkyl halides is 3. The molecule has 0 spiro atoms. The van der Waals surface area contributed by atoms with Crippen LogP contribution < -0.4 is 5.32 Å². The van der Waals surface area contributed by atoms with Gasteiger partial charge in [-0.05, 0) is 36.1 Å². The smallest absolute Gasteiger partial charge is 0.392 e. The van der Waals surface area contributed by atoms with Crippen molar-refractivity contribution in [1.82, 2.24) is 0 Å². The highest BCUT2D eigenvalue weighted by atomic mass is 35.5. The molecule has 0 radical (unpaired) electrons. The Hall–Kier alpha value is -2.03. The highest BCUT2D eigenvalue weighted by molar-refractivity contribution is 6.33. The highest BCUT2D eigenvalue weighted by Crippen LogP contribution is 2.41. The van der Waals surface area contributed by atoms with E-state index >= 15 is 0 Å². The van der Waals surface area contributed by atoms with Gasteiger partial charge in [0.1, 0.15) is 0 Å². The van der Waals surface area contributed by atoms with Crippen LogP contribution in [0.1, 0.15) is 25.3 Å². The number of carbonyl (C=O) groups excluding carboxylic acids is 1. The Labute approximate surface area is 193 Å². The molecule has 5 nitrogen and oxygen atoms in total. The molecule has 1 amide bonds. The number of benzene rings is 1. The summed E-state index contributed by atoms with van der Waals surface area (Å²) in [5.41, 5.74) is -0.0699. The van der Waals surface area contributed by atoms with Gasteiger partial charge in [-0.3, -0.25) is 9.59 Å². The maximum atomic E-state index is 13.6. The standard InChI is InChI=1S/C22H22Cl2F3NO4/c1-12(22(25,26)27)19(13-2-5-15(23)6-3-13)20(31)28-17-8-14(4-7-16(17)24)21(9-18(29)30)10-32-11-21/h2,4-8,12-13,19H,3,9-11H2,1H3,(H,28,31)(H,29,30)/t12-,13?,19+/m1/s1. The fourth-order valence-electron chi connectivity index (χ4n) is 4.05. The number of amides is 1. The molecule has 1 aliphatic heterocycles. The molecular formula is C22H22Cl2F3NO4. The molecular weight excluding hydrogens is 470 g/mol. The van der Waals surface area contributed by atoms with E-state index in [9.17, 15) is 27.9 Å². The van der Waals surface area contributed by atoms with Crippen molar-refractivity contribution in [3.63, 3.8) is 0 Å². The quantitative estimate of drug-likeness (QED) is 0.525. The fraction of sp³-hybridized carbons (Fsp3) is 0.455. The number of allylic oxidation sites excluding steroid dienone is 4. The summed E-state index contributed by atoms with van der Waals surface area (Å²) in [6.45, 7) is 1.34. The molecule has 1 saturated heterocycles. The van der Waals surface area contributed by atoms with Gasteiger partial charge in [0.25, 0.3) is 0 Å². The Bertz CT molecular complexity index is 957. The molecule has 10 heteroatoms. The van der Waals surface area contributed by atoms with Crippen molar-refractivity contribution >= 4 is 40.8 Å². The number of carbonyl (C=O) groups is 2. The van der Waals surface area contributed by atoms with Crippen LogP contribution in [0.4, 0.5) is 18.9 Å². The van der Waals surface area contributed by atoms with E-state index in [0.29, 0.717) is 10.6 Å². The molecule has 2 N–H and O–H groups in total. The molecule has 0 bridgehead atoms. The molecule has 1 aromatic rings. The summed E-state index contributed by atoms with van der Waals surface area (Å²) in [5.74, 6) is -5.86. The third-order valence-corrected chi connectivity index (χ3v) is 6.60. The molecule has 0 saturated carbocycles. The maximum absolute atomic E-state index is 13.6. The molecule has 1 unspecified atom stereocenters. The number of aliphatic carboxylic acids is 1. The van der Waals surface area contributed by atoms with Crippen molar-refractivity contribution in [1.29, 1.82) is 0 Å². The zero-order valence-electron chi connectivity index (χ0n) is 17.1. The van der Waals surface area contributed by atoms with Crippen molar-refractivity contribution in [3.05, 3.63) is 52.0 Å². The molecule has 1 fully saturated rings. The predicted molar refractivity (Wildman–Crippen MR) is 115 cm³/mol. The fourth-order valence-corrected chi connectivity index (χ4v) is 4.38. The van der Waals surface area contributed by atoms with Gasteiger partial charge >= 0.3 is 12.1 Å². The summed E-state index contributed by atoms with van der Waals surface area (Å²) in [5, 5.41) is 12.3. The van der Waals surface area contributed by atoms with Crippen LogP contribution in [0, 0.1) is 17.8 Å². The van der Waals surface area contributed by atoms with E-state index < -0.39 is 41.2 Å². The Morgan fingerprint density at radius 1 is 1.31 bits per heavy atom. The SMILES string of the molecule is C[C@H]([C@H](C(=O)Nc1cc(C2(CC(=O)O)COC2)ccc1Cl)C1C=CC(Cl)=CC1)C(F)(F)F. The number of carboxylic acid groups (broad SMARTS) is 1. The molecule has 1 aromatic carbocycles. The Morgan fingerprint density at radius 3 is 2.50 bits per heavy atom. The van der Waals surface area contributed by atoms with Crippen LogP contribution in [0.25, 0.3) is 0 Å². The summed E-state index contributed by atoms with van der Waals surface area (Å²) in [4.78, 5) is 24.4. The Kier molecular flexibility index (Phi) is 7.27. The minimum Gasteiger partial charge on any atom is -0.481 e. The number of halogens is 5. The van der Waals surface area contributed by atoms with Crippen molar-refractivity contribution in [2.75, 3.05) is 18.5 Å². The second-order valence-electron chi connectivity index (χ2n) is 8.23. The molecule has 1 heterocycles. The Balaban J connectivity index is 1.89. The number of hydrogen-bond acceptors (Lipinski definition) is 3. The number of ether oxygens (including phenoxy) is 1. The lowest BCUT2D eigenvalue weighted by Crippen LogP contribution is -2.48. The first-order chi connectivity index (χ1) is 14.9.